The first-order valence-corrected chi connectivity index (χ1v) is 20.6. The number of fused-ring (bicyclic) bond motifs is 3. The predicted octanol–water partition coefficient (Wildman–Crippen LogP) is 14.6. The first kappa shape index (κ1) is 35.9. The smallest absolute Gasteiger partial charge is 0.160 e. The van der Waals surface area contributed by atoms with Crippen molar-refractivity contribution in [1.29, 1.82) is 0 Å². The fourth-order valence-electron chi connectivity index (χ4n) is 8.54. The topological polar surface area (TPSA) is 43.1 Å². The first-order chi connectivity index (χ1) is 30.2. The predicted molar refractivity (Wildman–Crippen MR) is 252 cm³/mol. The highest BCUT2D eigenvalue weighted by molar-refractivity contribution is 6.13. The van der Waals surface area contributed by atoms with Crippen molar-refractivity contribution in [3.63, 3.8) is 0 Å². The van der Waals surface area contributed by atoms with Crippen molar-refractivity contribution in [3.05, 3.63) is 231 Å². The number of hydrogen-bond donors (Lipinski definition) is 0. The van der Waals surface area contributed by atoms with Crippen LogP contribution in [0.5, 0.6) is 0 Å². The Bertz CT molecular complexity index is 3320. The lowest BCUT2D eigenvalue weighted by molar-refractivity contribution is 0.976. The Labute approximate surface area is 354 Å². The molecule has 8 aromatic carbocycles. The van der Waals surface area contributed by atoms with E-state index >= 15 is 0 Å². The SMILES string of the molecule is c1ccc(-c2cccc(-c3cc(-c4ccccc4)nc(-c4cccc(-c5ccc(-c6c(-c7ccccc7)n7ncc(-c8ccccc8)c7c7ccccc67)cc5)c4)n3)c2)cc1. The van der Waals surface area contributed by atoms with Crippen LogP contribution in [0.3, 0.4) is 0 Å². The van der Waals surface area contributed by atoms with Crippen LogP contribution >= 0.6 is 0 Å². The second-order valence-corrected chi connectivity index (χ2v) is 15.3. The van der Waals surface area contributed by atoms with Gasteiger partial charge in [-0.2, -0.15) is 5.10 Å². The van der Waals surface area contributed by atoms with E-state index in [2.05, 4.69) is 217 Å². The van der Waals surface area contributed by atoms with E-state index in [1.807, 2.05) is 18.3 Å². The third kappa shape index (κ3) is 6.76. The van der Waals surface area contributed by atoms with Crippen LogP contribution in [0.25, 0.3) is 106 Å². The second-order valence-electron chi connectivity index (χ2n) is 15.3. The van der Waals surface area contributed by atoms with Crippen molar-refractivity contribution < 1.29 is 0 Å². The lowest BCUT2D eigenvalue weighted by atomic mass is 9.91. The fourth-order valence-corrected chi connectivity index (χ4v) is 8.54. The normalized spacial score (nSPS) is 11.3. The standard InChI is InChI=1S/C57H38N4/c1-5-17-39(18-6-1)45-25-15-27-47(35-45)53-37-52(42-21-9-3-10-22-42)59-57(60-53)48-28-16-26-46(36-48)40-31-33-43(34-32-40)54-49-29-13-14-30-50(49)56-51(41-19-7-2-8-20-41)38-58-61(56)55(54)44-23-11-4-12-24-44/h1-38H. The van der Waals surface area contributed by atoms with Gasteiger partial charge in [-0.05, 0) is 57.0 Å². The zero-order valence-corrected chi connectivity index (χ0v) is 33.2. The molecule has 11 aromatic rings. The molecule has 4 heteroatoms. The van der Waals surface area contributed by atoms with Gasteiger partial charge in [-0.15, -0.1) is 0 Å². The molecule has 0 bridgehead atoms. The minimum Gasteiger partial charge on any atom is -0.231 e. The van der Waals surface area contributed by atoms with Crippen molar-refractivity contribution >= 4 is 16.3 Å². The van der Waals surface area contributed by atoms with Crippen LogP contribution < -0.4 is 0 Å². The van der Waals surface area contributed by atoms with E-state index in [0.29, 0.717) is 5.82 Å². The summed E-state index contributed by atoms with van der Waals surface area (Å²) in [7, 11) is 0. The van der Waals surface area contributed by atoms with Crippen LogP contribution in [-0.2, 0) is 0 Å². The van der Waals surface area contributed by atoms with Crippen molar-refractivity contribution in [2.75, 3.05) is 0 Å². The van der Waals surface area contributed by atoms with Gasteiger partial charge >= 0.3 is 0 Å². The Morgan fingerprint density at radius 2 is 0.770 bits per heavy atom. The molecule has 11 rings (SSSR count). The Morgan fingerprint density at radius 1 is 0.311 bits per heavy atom. The second kappa shape index (κ2) is 15.5. The molecule has 3 aromatic heterocycles. The molecule has 0 N–H and O–H groups in total. The van der Waals surface area contributed by atoms with Gasteiger partial charge in [0, 0.05) is 38.8 Å². The molecule has 4 nitrogen and oxygen atoms in total. The zero-order chi connectivity index (χ0) is 40.5. The molecular weight excluding hydrogens is 741 g/mol. The average Bonchev–Trinajstić information content (AvgIpc) is 3.80. The summed E-state index contributed by atoms with van der Waals surface area (Å²) in [5, 5.41) is 7.43. The summed E-state index contributed by atoms with van der Waals surface area (Å²) in [5.74, 6) is 0.682. The van der Waals surface area contributed by atoms with Crippen molar-refractivity contribution in [3.8, 4) is 89.7 Å². The highest BCUT2D eigenvalue weighted by atomic mass is 15.2. The highest BCUT2D eigenvalue weighted by Crippen LogP contribution is 2.43. The number of benzene rings is 8. The lowest BCUT2D eigenvalue weighted by Gasteiger charge is -2.18. The Hall–Kier alpha value is -8.21. The number of pyridine rings is 1. The summed E-state index contributed by atoms with van der Waals surface area (Å²) in [6, 6.07) is 78.9. The maximum Gasteiger partial charge on any atom is 0.160 e. The third-order valence-corrected chi connectivity index (χ3v) is 11.5. The summed E-state index contributed by atoms with van der Waals surface area (Å²) >= 11 is 0. The third-order valence-electron chi connectivity index (χ3n) is 11.5. The molecule has 286 valence electrons. The summed E-state index contributed by atoms with van der Waals surface area (Å²) < 4.78 is 2.14. The molecule has 0 aliphatic heterocycles. The van der Waals surface area contributed by atoms with Crippen molar-refractivity contribution in [1.82, 2.24) is 19.6 Å². The Balaban J connectivity index is 1.02. The minimum absolute atomic E-state index is 0.682. The highest BCUT2D eigenvalue weighted by Gasteiger charge is 2.21. The van der Waals surface area contributed by atoms with Crippen LogP contribution in [0.1, 0.15) is 0 Å². The fraction of sp³-hybridized carbons (Fsp3) is 0. The average molecular weight is 779 g/mol. The molecular formula is C57H38N4. The lowest BCUT2D eigenvalue weighted by Crippen LogP contribution is -2.00. The minimum atomic E-state index is 0.682. The number of rotatable bonds is 8. The number of nitrogens with zero attached hydrogens (tertiary/aromatic N) is 4. The molecule has 0 aliphatic carbocycles. The molecule has 0 atom stereocenters. The van der Waals surface area contributed by atoms with Gasteiger partial charge in [0.05, 0.1) is 28.8 Å². The summed E-state index contributed by atoms with van der Waals surface area (Å²) in [6.07, 6.45) is 2.01. The van der Waals surface area contributed by atoms with Gasteiger partial charge in [0.25, 0.3) is 0 Å². The summed E-state index contributed by atoms with van der Waals surface area (Å²) in [6.45, 7) is 0. The molecule has 3 heterocycles. The van der Waals surface area contributed by atoms with E-state index in [-0.39, 0.29) is 0 Å². The van der Waals surface area contributed by atoms with Gasteiger partial charge < -0.3 is 0 Å². The van der Waals surface area contributed by atoms with Crippen LogP contribution in [0, 0.1) is 0 Å². The molecule has 0 amide bonds. The van der Waals surface area contributed by atoms with Gasteiger partial charge in [-0.1, -0.05) is 206 Å². The van der Waals surface area contributed by atoms with Crippen molar-refractivity contribution in [2.24, 2.45) is 0 Å². The maximum atomic E-state index is 5.22. The van der Waals surface area contributed by atoms with Crippen LogP contribution in [0.4, 0.5) is 0 Å². The molecule has 0 radical (unpaired) electrons. The quantitative estimate of drug-likeness (QED) is 0.154. The Kier molecular flexibility index (Phi) is 9.14. The van der Waals surface area contributed by atoms with E-state index in [1.54, 1.807) is 0 Å². The van der Waals surface area contributed by atoms with E-state index in [4.69, 9.17) is 15.1 Å². The van der Waals surface area contributed by atoms with E-state index in [9.17, 15) is 0 Å². The van der Waals surface area contributed by atoms with E-state index in [1.165, 1.54) is 10.9 Å². The molecule has 0 unspecified atom stereocenters. The van der Waals surface area contributed by atoms with Gasteiger partial charge in [0.2, 0.25) is 0 Å². The van der Waals surface area contributed by atoms with Crippen LogP contribution in [-0.4, -0.2) is 19.6 Å². The zero-order valence-electron chi connectivity index (χ0n) is 33.2. The first-order valence-electron chi connectivity index (χ1n) is 20.6. The molecule has 0 aliphatic rings. The summed E-state index contributed by atoms with van der Waals surface area (Å²) in [5.41, 5.74) is 17.1. The Morgan fingerprint density at radius 3 is 1.43 bits per heavy atom. The van der Waals surface area contributed by atoms with Crippen LogP contribution in [0.2, 0.25) is 0 Å². The van der Waals surface area contributed by atoms with Gasteiger partial charge in [0.1, 0.15) is 0 Å². The molecule has 0 spiro atoms. The monoisotopic (exact) mass is 778 g/mol. The van der Waals surface area contributed by atoms with Crippen molar-refractivity contribution in [2.45, 2.75) is 0 Å². The number of aromatic nitrogens is 4. The molecule has 0 fully saturated rings. The van der Waals surface area contributed by atoms with E-state index in [0.717, 1.165) is 89.2 Å². The van der Waals surface area contributed by atoms with Gasteiger partial charge in [0.15, 0.2) is 5.82 Å². The van der Waals surface area contributed by atoms with Gasteiger partial charge in [-0.25, -0.2) is 14.5 Å². The summed E-state index contributed by atoms with van der Waals surface area (Å²) in [4.78, 5) is 10.4. The molecule has 61 heavy (non-hydrogen) atoms. The maximum absolute atomic E-state index is 5.22. The van der Waals surface area contributed by atoms with Crippen LogP contribution in [0.15, 0.2) is 231 Å². The molecule has 0 saturated heterocycles. The molecule has 0 saturated carbocycles. The van der Waals surface area contributed by atoms with E-state index < -0.39 is 0 Å². The van der Waals surface area contributed by atoms with Gasteiger partial charge in [-0.3, -0.25) is 0 Å². The number of hydrogen-bond acceptors (Lipinski definition) is 3. The largest absolute Gasteiger partial charge is 0.231 e.